The van der Waals surface area contributed by atoms with Gasteiger partial charge in [-0.15, -0.1) is 5.10 Å². The third-order valence-corrected chi connectivity index (χ3v) is 4.70. The number of rotatable bonds is 5. The molecule has 1 aliphatic rings. The van der Waals surface area contributed by atoms with Gasteiger partial charge < -0.3 is 10.6 Å². The van der Waals surface area contributed by atoms with E-state index >= 15 is 0 Å². The molecule has 3 aromatic rings. The van der Waals surface area contributed by atoms with Gasteiger partial charge in [-0.3, -0.25) is 4.79 Å². The minimum Gasteiger partial charge on any atom is -0.379 e. The van der Waals surface area contributed by atoms with Crippen molar-refractivity contribution in [1.82, 2.24) is 25.5 Å². The Bertz CT molecular complexity index is 908. The third kappa shape index (κ3) is 3.42. The van der Waals surface area contributed by atoms with Gasteiger partial charge in [0.25, 0.3) is 0 Å². The van der Waals surface area contributed by atoms with Crippen LogP contribution in [0.3, 0.4) is 0 Å². The maximum atomic E-state index is 11.5. The molecule has 2 unspecified atom stereocenters. The van der Waals surface area contributed by atoms with Crippen LogP contribution in [0.25, 0.3) is 5.69 Å². The summed E-state index contributed by atoms with van der Waals surface area (Å²) >= 11 is 0. The maximum Gasteiger partial charge on any atom is 0.220 e. The van der Waals surface area contributed by atoms with Crippen molar-refractivity contribution in [2.45, 2.75) is 25.3 Å². The minimum absolute atomic E-state index is 0.116. The minimum atomic E-state index is 0.116. The predicted molar refractivity (Wildman–Crippen MR) is 98.0 cm³/mol. The molecular weight excluding hydrogens is 328 g/mol. The number of aromatic nitrogens is 4. The average molecular weight is 348 g/mol. The Morgan fingerprint density at radius 3 is 2.88 bits per heavy atom. The molecule has 1 aliphatic heterocycles. The zero-order valence-corrected chi connectivity index (χ0v) is 14.5. The molecule has 7 heteroatoms. The van der Waals surface area contributed by atoms with Crippen LogP contribution in [0.2, 0.25) is 0 Å². The molecule has 2 atom stereocenters. The summed E-state index contributed by atoms with van der Waals surface area (Å²) in [5.74, 6) is 0.379. The number of carbonyl (C=O) groups excluding carboxylic acids is 1. The summed E-state index contributed by atoms with van der Waals surface area (Å²) in [7, 11) is 0. The summed E-state index contributed by atoms with van der Waals surface area (Å²) in [4.78, 5) is 11.5. The van der Waals surface area contributed by atoms with Gasteiger partial charge in [-0.05, 0) is 52.7 Å². The second-order valence-electron chi connectivity index (χ2n) is 6.55. The van der Waals surface area contributed by atoms with Crippen molar-refractivity contribution in [2.24, 2.45) is 0 Å². The molecular formula is C19H20N6O. The highest BCUT2D eigenvalue weighted by Gasteiger charge is 2.23. The molecule has 4 rings (SSSR count). The first-order valence-corrected chi connectivity index (χ1v) is 8.65. The lowest BCUT2D eigenvalue weighted by Gasteiger charge is -2.18. The van der Waals surface area contributed by atoms with Gasteiger partial charge in [0.05, 0.1) is 5.69 Å². The molecule has 2 N–H and O–H groups in total. The van der Waals surface area contributed by atoms with Gasteiger partial charge in [0, 0.05) is 30.6 Å². The van der Waals surface area contributed by atoms with Gasteiger partial charge in [-0.25, -0.2) is 4.68 Å². The van der Waals surface area contributed by atoms with Crippen molar-refractivity contribution >= 4 is 11.6 Å². The van der Waals surface area contributed by atoms with E-state index in [1.165, 1.54) is 5.56 Å². The van der Waals surface area contributed by atoms with Gasteiger partial charge in [-0.2, -0.15) is 0 Å². The summed E-state index contributed by atoms with van der Waals surface area (Å²) in [5, 5.41) is 17.7. The van der Waals surface area contributed by atoms with E-state index in [0.29, 0.717) is 13.0 Å². The molecule has 1 fully saturated rings. The van der Waals surface area contributed by atoms with E-state index in [9.17, 15) is 4.79 Å². The third-order valence-electron chi connectivity index (χ3n) is 4.70. The normalized spacial score (nSPS) is 17.7. The second-order valence-corrected chi connectivity index (χ2v) is 6.55. The second kappa shape index (κ2) is 6.95. The Hall–Kier alpha value is -3.22. The molecule has 26 heavy (non-hydrogen) atoms. The van der Waals surface area contributed by atoms with Crippen molar-refractivity contribution in [3.63, 3.8) is 0 Å². The maximum absolute atomic E-state index is 11.5. The lowest BCUT2D eigenvalue weighted by Crippen LogP contribution is -2.13. The first kappa shape index (κ1) is 16.3. The molecule has 1 saturated heterocycles. The smallest absolute Gasteiger partial charge is 0.220 e. The van der Waals surface area contributed by atoms with Gasteiger partial charge in [0.1, 0.15) is 6.33 Å². The van der Waals surface area contributed by atoms with Crippen LogP contribution in [0.4, 0.5) is 5.69 Å². The Morgan fingerprint density at radius 1 is 1.23 bits per heavy atom. The Balaban J connectivity index is 1.51. The zero-order valence-electron chi connectivity index (χ0n) is 14.5. The molecule has 132 valence electrons. The van der Waals surface area contributed by atoms with Gasteiger partial charge in [-0.1, -0.05) is 24.3 Å². The lowest BCUT2D eigenvalue weighted by atomic mass is 9.97. The van der Waals surface area contributed by atoms with E-state index in [1.807, 2.05) is 18.2 Å². The Kier molecular flexibility index (Phi) is 4.35. The van der Waals surface area contributed by atoms with Gasteiger partial charge in [0.15, 0.2) is 0 Å². The Morgan fingerprint density at radius 2 is 2.12 bits per heavy atom. The number of nitrogens with one attached hydrogen (secondary N) is 2. The number of benzene rings is 2. The molecule has 7 nitrogen and oxygen atoms in total. The van der Waals surface area contributed by atoms with Crippen LogP contribution in [0.1, 0.15) is 36.4 Å². The van der Waals surface area contributed by atoms with E-state index in [4.69, 9.17) is 0 Å². The Labute approximate surface area is 151 Å². The standard InChI is InChI=1S/C19H20N6O/c1-13(14-4-3-7-18(9-14)25-12-21-23-24-25)22-17-6-2-5-15(8-17)16-10-19(26)20-11-16/h2-9,12-13,16,22H,10-11H2,1H3,(H,20,26). The monoisotopic (exact) mass is 348 g/mol. The zero-order chi connectivity index (χ0) is 17.9. The summed E-state index contributed by atoms with van der Waals surface area (Å²) in [6.45, 7) is 2.83. The molecule has 0 aliphatic carbocycles. The fourth-order valence-corrected chi connectivity index (χ4v) is 3.27. The van der Waals surface area contributed by atoms with Crippen molar-refractivity contribution in [3.8, 4) is 5.69 Å². The highest BCUT2D eigenvalue weighted by atomic mass is 16.1. The fourth-order valence-electron chi connectivity index (χ4n) is 3.27. The molecule has 2 heterocycles. The van der Waals surface area contributed by atoms with E-state index in [-0.39, 0.29) is 17.9 Å². The van der Waals surface area contributed by atoms with Crippen LogP contribution >= 0.6 is 0 Å². The molecule has 2 aromatic carbocycles. The number of tetrazole rings is 1. The van der Waals surface area contributed by atoms with Crippen LogP contribution < -0.4 is 10.6 Å². The van der Waals surface area contributed by atoms with E-state index in [2.05, 4.69) is 63.4 Å². The summed E-state index contributed by atoms with van der Waals surface area (Å²) < 4.78 is 1.64. The molecule has 1 amide bonds. The van der Waals surface area contributed by atoms with E-state index < -0.39 is 0 Å². The number of hydrogen-bond donors (Lipinski definition) is 2. The molecule has 1 aromatic heterocycles. The summed E-state index contributed by atoms with van der Waals surface area (Å²) in [6, 6.07) is 16.5. The van der Waals surface area contributed by atoms with Crippen LogP contribution in [0, 0.1) is 0 Å². The lowest BCUT2D eigenvalue weighted by molar-refractivity contribution is -0.119. The van der Waals surface area contributed by atoms with Crippen molar-refractivity contribution in [3.05, 3.63) is 66.0 Å². The topological polar surface area (TPSA) is 84.7 Å². The van der Waals surface area contributed by atoms with Crippen molar-refractivity contribution in [2.75, 3.05) is 11.9 Å². The number of nitrogens with zero attached hydrogens (tertiary/aromatic N) is 4. The van der Waals surface area contributed by atoms with E-state index in [1.54, 1.807) is 11.0 Å². The SMILES string of the molecule is CC(Nc1cccc(C2CNC(=O)C2)c1)c1cccc(-n2cnnn2)c1. The predicted octanol–water partition coefficient (Wildman–Crippen LogP) is 2.44. The molecule has 0 bridgehead atoms. The average Bonchev–Trinajstić information content (AvgIpc) is 3.34. The quantitative estimate of drug-likeness (QED) is 0.740. The number of amides is 1. The number of hydrogen-bond acceptors (Lipinski definition) is 5. The largest absolute Gasteiger partial charge is 0.379 e. The molecule has 0 saturated carbocycles. The van der Waals surface area contributed by atoms with Crippen molar-refractivity contribution < 1.29 is 4.79 Å². The highest BCUT2D eigenvalue weighted by Crippen LogP contribution is 2.27. The molecule has 0 spiro atoms. The first-order valence-electron chi connectivity index (χ1n) is 8.65. The van der Waals surface area contributed by atoms with Crippen LogP contribution in [-0.2, 0) is 4.79 Å². The fraction of sp³-hybridized carbons (Fsp3) is 0.263. The van der Waals surface area contributed by atoms with Gasteiger partial charge in [0.2, 0.25) is 5.91 Å². The summed E-state index contributed by atoms with van der Waals surface area (Å²) in [6.07, 6.45) is 2.14. The van der Waals surface area contributed by atoms with Crippen LogP contribution in [0.15, 0.2) is 54.9 Å². The summed E-state index contributed by atoms with van der Waals surface area (Å²) in [5.41, 5.74) is 4.29. The number of anilines is 1. The van der Waals surface area contributed by atoms with E-state index in [0.717, 1.165) is 16.9 Å². The first-order chi connectivity index (χ1) is 12.7. The van der Waals surface area contributed by atoms with Crippen molar-refractivity contribution in [1.29, 1.82) is 0 Å². The number of carbonyl (C=O) groups is 1. The van der Waals surface area contributed by atoms with Crippen LogP contribution in [-0.4, -0.2) is 32.7 Å². The molecule has 0 radical (unpaired) electrons. The van der Waals surface area contributed by atoms with Gasteiger partial charge >= 0.3 is 0 Å². The highest BCUT2D eigenvalue weighted by molar-refractivity contribution is 5.79. The van der Waals surface area contributed by atoms with Crippen LogP contribution in [0.5, 0.6) is 0 Å².